The van der Waals surface area contributed by atoms with Gasteiger partial charge in [0.25, 0.3) is 0 Å². The molecule has 1 fully saturated rings. The van der Waals surface area contributed by atoms with E-state index in [-0.39, 0.29) is 0 Å². The summed E-state index contributed by atoms with van der Waals surface area (Å²) >= 11 is 2.07. The zero-order valence-electron chi connectivity index (χ0n) is 11.5. The van der Waals surface area contributed by atoms with Gasteiger partial charge in [-0.3, -0.25) is 0 Å². The number of hydrogen-bond donors (Lipinski definition) is 1. The van der Waals surface area contributed by atoms with E-state index in [9.17, 15) is 0 Å². The van der Waals surface area contributed by atoms with Crippen LogP contribution in [-0.4, -0.2) is 27.0 Å². The molecule has 0 spiro atoms. The zero-order chi connectivity index (χ0) is 13.0. The maximum Gasteiger partial charge on any atom is 0.129 e. The number of anilines is 1. The van der Waals surface area contributed by atoms with Crippen molar-refractivity contribution in [3.05, 3.63) is 18.1 Å². The summed E-state index contributed by atoms with van der Waals surface area (Å²) in [5.74, 6) is 2.64. The van der Waals surface area contributed by atoms with Crippen LogP contribution in [0.1, 0.15) is 51.6 Å². The summed E-state index contributed by atoms with van der Waals surface area (Å²) in [6.07, 6.45) is 5.60. The Kier molecular flexibility index (Phi) is 4.87. The van der Waals surface area contributed by atoms with Gasteiger partial charge < -0.3 is 5.32 Å². The number of thioether (sulfide) groups is 1. The van der Waals surface area contributed by atoms with Crippen LogP contribution in [0.5, 0.6) is 0 Å². The lowest BCUT2D eigenvalue weighted by molar-refractivity contribution is 0.756. The van der Waals surface area contributed by atoms with E-state index in [0.717, 1.165) is 16.8 Å². The van der Waals surface area contributed by atoms with Gasteiger partial charge in [-0.1, -0.05) is 27.2 Å². The topological polar surface area (TPSA) is 37.8 Å². The first-order valence-electron chi connectivity index (χ1n) is 6.90. The van der Waals surface area contributed by atoms with Crippen LogP contribution in [0.25, 0.3) is 0 Å². The lowest BCUT2D eigenvalue weighted by atomic mass is 10.1. The van der Waals surface area contributed by atoms with Gasteiger partial charge in [0, 0.05) is 23.1 Å². The molecule has 2 unspecified atom stereocenters. The zero-order valence-corrected chi connectivity index (χ0v) is 12.3. The van der Waals surface area contributed by atoms with Gasteiger partial charge in [-0.15, -0.1) is 0 Å². The first-order valence-corrected chi connectivity index (χ1v) is 7.95. The highest BCUT2D eigenvalue weighted by atomic mass is 32.2. The van der Waals surface area contributed by atoms with Gasteiger partial charge in [0.2, 0.25) is 0 Å². The third kappa shape index (κ3) is 3.37. The summed E-state index contributed by atoms with van der Waals surface area (Å²) in [6, 6.07) is 2.67. The predicted molar refractivity (Wildman–Crippen MR) is 79.3 cm³/mol. The van der Waals surface area contributed by atoms with Crippen LogP contribution in [0, 0.1) is 0 Å². The van der Waals surface area contributed by atoms with E-state index >= 15 is 0 Å². The number of aromatic nitrogens is 2. The van der Waals surface area contributed by atoms with E-state index in [1.807, 2.05) is 0 Å². The summed E-state index contributed by atoms with van der Waals surface area (Å²) in [5, 5.41) is 4.34. The minimum absolute atomic E-state index is 0.456. The van der Waals surface area contributed by atoms with Crippen LogP contribution in [0.4, 0.5) is 5.82 Å². The van der Waals surface area contributed by atoms with Gasteiger partial charge in [0.15, 0.2) is 0 Å². The molecule has 1 aliphatic rings. The standard InChI is InChI=1S/C14H23N3S/c1-4-18-13-7-5-6-11(13)17-14-8-12(10(2)3)15-9-16-14/h8-11,13H,4-7H2,1-3H3,(H,15,16,17). The molecule has 0 bridgehead atoms. The van der Waals surface area contributed by atoms with Crippen LogP contribution >= 0.6 is 11.8 Å². The van der Waals surface area contributed by atoms with Crippen molar-refractivity contribution in [1.82, 2.24) is 9.97 Å². The van der Waals surface area contributed by atoms with Gasteiger partial charge in [0.05, 0.1) is 0 Å². The highest BCUT2D eigenvalue weighted by Gasteiger charge is 2.27. The number of hydrogen-bond acceptors (Lipinski definition) is 4. The fraction of sp³-hybridized carbons (Fsp3) is 0.714. The Balaban J connectivity index is 2.02. The molecule has 1 aliphatic carbocycles. The highest BCUT2D eigenvalue weighted by molar-refractivity contribution is 7.99. The molecule has 0 aromatic carbocycles. The highest BCUT2D eigenvalue weighted by Crippen LogP contribution is 2.31. The molecule has 3 nitrogen and oxygen atoms in total. The van der Waals surface area contributed by atoms with Gasteiger partial charge in [-0.2, -0.15) is 11.8 Å². The smallest absolute Gasteiger partial charge is 0.129 e. The van der Waals surface area contributed by atoms with Crippen molar-refractivity contribution in [3.8, 4) is 0 Å². The molecule has 1 N–H and O–H groups in total. The molecule has 0 amide bonds. The van der Waals surface area contributed by atoms with Crippen molar-refractivity contribution in [2.45, 2.75) is 57.2 Å². The van der Waals surface area contributed by atoms with Gasteiger partial charge in [0.1, 0.15) is 12.1 Å². The summed E-state index contributed by atoms with van der Waals surface area (Å²) in [5.41, 5.74) is 1.12. The van der Waals surface area contributed by atoms with Crippen molar-refractivity contribution in [1.29, 1.82) is 0 Å². The molecule has 1 saturated carbocycles. The van der Waals surface area contributed by atoms with E-state index in [0.29, 0.717) is 12.0 Å². The van der Waals surface area contributed by atoms with Crippen LogP contribution < -0.4 is 5.32 Å². The van der Waals surface area contributed by atoms with E-state index in [1.54, 1.807) is 6.33 Å². The van der Waals surface area contributed by atoms with Gasteiger partial charge in [-0.25, -0.2) is 9.97 Å². The normalized spacial score (nSPS) is 23.6. The lowest BCUT2D eigenvalue weighted by Crippen LogP contribution is -2.26. The van der Waals surface area contributed by atoms with Gasteiger partial charge in [-0.05, 0) is 24.5 Å². The SMILES string of the molecule is CCSC1CCCC1Nc1cc(C(C)C)ncn1. The molecule has 0 aliphatic heterocycles. The predicted octanol–water partition coefficient (Wildman–Crippen LogP) is 3.69. The van der Waals surface area contributed by atoms with E-state index < -0.39 is 0 Å². The molecular formula is C14H23N3S. The molecule has 2 rings (SSSR count). The fourth-order valence-corrected chi connectivity index (χ4v) is 3.66. The van der Waals surface area contributed by atoms with Gasteiger partial charge >= 0.3 is 0 Å². The fourth-order valence-electron chi connectivity index (χ4n) is 2.46. The van der Waals surface area contributed by atoms with Crippen LogP contribution in [0.15, 0.2) is 12.4 Å². The van der Waals surface area contributed by atoms with Crippen LogP contribution in [-0.2, 0) is 0 Å². The van der Waals surface area contributed by atoms with Crippen molar-refractivity contribution in [2.24, 2.45) is 0 Å². The summed E-state index contributed by atoms with van der Waals surface area (Å²) in [6.45, 7) is 6.57. The van der Waals surface area contributed by atoms with E-state index in [2.05, 4.69) is 53.9 Å². The number of nitrogens with zero attached hydrogens (tertiary/aromatic N) is 2. The number of rotatable bonds is 5. The lowest BCUT2D eigenvalue weighted by Gasteiger charge is -2.21. The van der Waals surface area contributed by atoms with Crippen molar-refractivity contribution in [3.63, 3.8) is 0 Å². The molecule has 1 heterocycles. The van der Waals surface area contributed by atoms with Crippen LogP contribution in [0.2, 0.25) is 0 Å². The number of nitrogens with one attached hydrogen (secondary N) is 1. The maximum atomic E-state index is 4.35. The monoisotopic (exact) mass is 265 g/mol. The molecule has 1 aromatic heterocycles. The minimum atomic E-state index is 0.456. The molecular weight excluding hydrogens is 242 g/mol. The van der Waals surface area contributed by atoms with E-state index in [1.165, 1.54) is 25.0 Å². The first kappa shape index (κ1) is 13.7. The van der Waals surface area contributed by atoms with Crippen molar-refractivity contribution >= 4 is 17.6 Å². The Bertz CT molecular complexity index is 381. The average Bonchev–Trinajstić information content (AvgIpc) is 2.77. The second kappa shape index (κ2) is 6.41. The summed E-state index contributed by atoms with van der Waals surface area (Å²) < 4.78 is 0. The Morgan fingerprint density at radius 2 is 2.22 bits per heavy atom. The molecule has 18 heavy (non-hydrogen) atoms. The molecule has 1 aromatic rings. The molecule has 4 heteroatoms. The Labute approximate surface area is 114 Å². The molecule has 0 radical (unpaired) electrons. The molecule has 0 saturated heterocycles. The Morgan fingerprint density at radius 3 is 2.94 bits per heavy atom. The second-order valence-electron chi connectivity index (χ2n) is 5.16. The van der Waals surface area contributed by atoms with Crippen LogP contribution in [0.3, 0.4) is 0 Å². The van der Waals surface area contributed by atoms with Crippen molar-refractivity contribution < 1.29 is 0 Å². The average molecular weight is 265 g/mol. The molecule has 100 valence electrons. The quantitative estimate of drug-likeness (QED) is 0.881. The minimum Gasteiger partial charge on any atom is -0.366 e. The largest absolute Gasteiger partial charge is 0.366 e. The summed E-state index contributed by atoms with van der Waals surface area (Å²) in [4.78, 5) is 8.66. The van der Waals surface area contributed by atoms with Crippen molar-refractivity contribution in [2.75, 3.05) is 11.1 Å². The third-order valence-electron chi connectivity index (χ3n) is 3.45. The Hall–Kier alpha value is -0.770. The maximum absolute atomic E-state index is 4.35. The molecule has 2 atom stereocenters. The Morgan fingerprint density at radius 1 is 1.39 bits per heavy atom. The third-order valence-corrected chi connectivity index (χ3v) is 4.77. The van der Waals surface area contributed by atoms with E-state index in [4.69, 9.17) is 0 Å². The summed E-state index contributed by atoms with van der Waals surface area (Å²) in [7, 11) is 0. The first-order chi connectivity index (χ1) is 8.70. The second-order valence-corrected chi connectivity index (χ2v) is 6.67.